The summed E-state index contributed by atoms with van der Waals surface area (Å²) in [5.41, 5.74) is 3.71. The summed E-state index contributed by atoms with van der Waals surface area (Å²) >= 11 is 0. The van der Waals surface area contributed by atoms with Crippen molar-refractivity contribution in [3.63, 3.8) is 0 Å². The summed E-state index contributed by atoms with van der Waals surface area (Å²) in [6.07, 6.45) is 5.25. The first kappa shape index (κ1) is 23.0. The first-order chi connectivity index (χ1) is 15.0. The maximum Gasteiger partial charge on any atom is 0.303 e. The van der Waals surface area contributed by atoms with Crippen LogP contribution < -0.4 is 14.5 Å². The lowest BCUT2D eigenvalue weighted by molar-refractivity contribution is -0.137. The van der Waals surface area contributed by atoms with Gasteiger partial charge in [0.15, 0.2) is 0 Å². The topological polar surface area (TPSA) is 53.0 Å². The third kappa shape index (κ3) is 6.91. The minimum atomic E-state index is -0.728. The van der Waals surface area contributed by atoms with Crippen LogP contribution in [0.5, 0.6) is 5.75 Å². The van der Waals surface area contributed by atoms with Gasteiger partial charge in [0, 0.05) is 49.0 Å². The molecule has 0 aromatic heterocycles. The predicted molar refractivity (Wildman–Crippen MR) is 127 cm³/mol. The van der Waals surface area contributed by atoms with E-state index in [-0.39, 0.29) is 6.42 Å². The number of hydrogen-bond donors (Lipinski definition) is 1. The molecule has 0 spiro atoms. The molecule has 31 heavy (non-hydrogen) atoms. The quantitative estimate of drug-likeness (QED) is 0.441. The number of carbonyl (C=O) groups is 1. The van der Waals surface area contributed by atoms with E-state index in [0.717, 1.165) is 38.2 Å². The highest BCUT2D eigenvalue weighted by Crippen LogP contribution is 2.28. The highest BCUT2D eigenvalue weighted by atomic mass is 16.5. The van der Waals surface area contributed by atoms with Gasteiger partial charge in [-0.1, -0.05) is 18.2 Å². The van der Waals surface area contributed by atoms with E-state index < -0.39 is 5.97 Å². The molecule has 5 nitrogen and oxygen atoms in total. The van der Waals surface area contributed by atoms with Gasteiger partial charge in [-0.15, -0.1) is 0 Å². The van der Waals surface area contributed by atoms with Crippen LogP contribution >= 0.6 is 0 Å². The molecule has 0 bridgehead atoms. The Bertz CT molecular complexity index is 814. The van der Waals surface area contributed by atoms with Gasteiger partial charge in [0.1, 0.15) is 5.75 Å². The zero-order chi connectivity index (χ0) is 22.1. The van der Waals surface area contributed by atoms with Crippen LogP contribution in [0.3, 0.4) is 0 Å². The van der Waals surface area contributed by atoms with Crippen LogP contribution in [0.2, 0.25) is 0 Å². The van der Waals surface area contributed by atoms with Gasteiger partial charge in [0.2, 0.25) is 0 Å². The molecule has 2 aromatic rings. The van der Waals surface area contributed by atoms with Crippen molar-refractivity contribution in [1.82, 2.24) is 0 Å². The maximum atomic E-state index is 10.6. The number of ether oxygens (including phenoxy) is 1. The number of carboxylic acid groups (broad SMARTS) is 1. The molecule has 1 aliphatic heterocycles. The number of nitrogens with zero attached hydrogens (tertiary/aromatic N) is 2. The van der Waals surface area contributed by atoms with Crippen LogP contribution in [-0.4, -0.2) is 36.8 Å². The van der Waals surface area contributed by atoms with Crippen LogP contribution in [0.4, 0.5) is 11.4 Å². The van der Waals surface area contributed by atoms with Crippen LogP contribution in [0.1, 0.15) is 57.9 Å². The SMILES string of the molecule is CC(C)N(Cc1ccccc1OCCCCCC(=O)O)c1ccc(N2CCCC2)cc1. The van der Waals surface area contributed by atoms with Crippen molar-refractivity contribution in [2.45, 2.75) is 65.0 Å². The van der Waals surface area contributed by atoms with Crippen molar-refractivity contribution >= 4 is 17.3 Å². The molecule has 1 heterocycles. The summed E-state index contributed by atoms with van der Waals surface area (Å²) in [6.45, 7) is 8.17. The summed E-state index contributed by atoms with van der Waals surface area (Å²) in [6, 6.07) is 17.6. The number of benzene rings is 2. The fraction of sp³-hybridized carbons (Fsp3) is 0.500. The lowest BCUT2D eigenvalue weighted by atomic mass is 10.1. The zero-order valence-corrected chi connectivity index (χ0v) is 18.9. The standard InChI is InChI=1S/C26H36N2O3/c1-21(2)28(24-15-13-23(14-16-24)27-17-7-8-18-27)20-22-10-5-6-11-25(22)31-19-9-3-4-12-26(29)30/h5-6,10-11,13-16,21H,3-4,7-9,12,17-20H2,1-2H3,(H,29,30). The number of aliphatic carboxylic acids is 1. The molecular formula is C26H36N2O3. The lowest BCUT2D eigenvalue weighted by Gasteiger charge is -2.30. The second kappa shape index (κ2) is 11.6. The molecule has 2 aromatic carbocycles. The maximum absolute atomic E-state index is 10.6. The van der Waals surface area contributed by atoms with E-state index in [1.807, 2.05) is 12.1 Å². The van der Waals surface area contributed by atoms with Crippen LogP contribution in [0.15, 0.2) is 48.5 Å². The fourth-order valence-corrected chi connectivity index (χ4v) is 4.10. The molecule has 0 atom stereocenters. The molecule has 5 heteroatoms. The smallest absolute Gasteiger partial charge is 0.303 e. The van der Waals surface area contributed by atoms with E-state index in [0.29, 0.717) is 19.1 Å². The monoisotopic (exact) mass is 424 g/mol. The first-order valence-electron chi connectivity index (χ1n) is 11.6. The second-order valence-corrected chi connectivity index (χ2v) is 8.59. The largest absolute Gasteiger partial charge is 0.493 e. The average Bonchev–Trinajstić information content (AvgIpc) is 3.30. The van der Waals surface area contributed by atoms with Crippen LogP contribution in [-0.2, 0) is 11.3 Å². The molecule has 0 radical (unpaired) electrons. The Hall–Kier alpha value is -2.69. The molecule has 3 rings (SSSR count). The van der Waals surface area contributed by atoms with Crippen molar-refractivity contribution in [2.24, 2.45) is 0 Å². The molecule has 0 amide bonds. The first-order valence-corrected chi connectivity index (χ1v) is 11.6. The Balaban J connectivity index is 1.61. The van der Waals surface area contributed by atoms with E-state index in [1.165, 1.54) is 29.8 Å². The normalized spacial score (nSPS) is 13.6. The van der Waals surface area contributed by atoms with Crippen LogP contribution in [0.25, 0.3) is 0 Å². The van der Waals surface area contributed by atoms with E-state index >= 15 is 0 Å². The van der Waals surface area contributed by atoms with Gasteiger partial charge in [-0.3, -0.25) is 4.79 Å². The number of hydrogen-bond acceptors (Lipinski definition) is 4. The molecule has 0 unspecified atom stereocenters. The third-order valence-electron chi connectivity index (χ3n) is 5.88. The van der Waals surface area contributed by atoms with Crippen molar-refractivity contribution in [3.05, 3.63) is 54.1 Å². The summed E-state index contributed by atoms with van der Waals surface area (Å²) < 4.78 is 6.07. The summed E-state index contributed by atoms with van der Waals surface area (Å²) in [7, 11) is 0. The molecule has 0 aliphatic carbocycles. The molecule has 168 valence electrons. The van der Waals surface area contributed by atoms with Gasteiger partial charge in [-0.25, -0.2) is 0 Å². The van der Waals surface area contributed by atoms with E-state index in [4.69, 9.17) is 9.84 Å². The Morgan fingerprint density at radius 3 is 2.42 bits per heavy atom. The van der Waals surface area contributed by atoms with Crippen molar-refractivity contribution < 1.29 is 14.6 Å². The molecule has 1 N–H and O–H groups in total. The fourth-order valence-electron chi connectivity index (χ4n) is 4.10. The summed E-state index contributed by atoms with van der Waals surface area (Å²) in [5.74, 6) is 0.188. The molecular weight excluding hydrogens is 388 g/mol. The summed E-state index contributed by atoms with van der Waals surface area (Å²) in [5, 5.41) is 8.74. The minimum Gasteiger partial charge on any atom is -0.493 e. The number of rotatable bonds is 12. The third-order valence-corrected chi connectivity index (χ3v) is 5.88. The Morgan fingerprint density at radius 1 is 1.03 bits per heavy atom. The molecule has 0 saturated carbocycles. The number of unbranched alkanes of at least 4 members (excludes halogenated alkanes) is 2. The average molecular weight is 425 g/mol. The molecule has 1 aliphatic rings. The predicted octanol–water partition coefficient (Wildman–Crippen LogP) is 5.73. The molecule has 1 fully saturated rings. The van der Waals surface area contributed by atoms with E-state index in [9.17, 15) is 4.79 Å². The van der Waals surface area contributed by atoms with Gasteiger partial charge in [0.05, 0.1) is 6.61 Å². The number of para-hydroxylation sites is 1. The minimum absolute atomic E-state index is 0.233. The van der Waals surface area contributed by atoms with Gasteiger partial charge in [-0.05, 0) is 76.3 Å². The second-order valence-electron chi connectivity index (χ2n) is 8.59. The highest BCUT2D eigenvalue weighted by molar-refractivity contribution is 5.66. The van der Waals surface area contributed by atoms with Gasteiger partial charge < -0.3 is 19.6 Å². The highest BCUT2D eigenvalue weighted by Gasteiger charge is 2.16. The number of carboxylic acids is 1. The number of anilines is 2. The summed E-state index contributed by atoms with van der Waals surface area (Å²) in [4.78, 5) is 15.5. The Labute approximate surface area is 186 Å². The Morgan fingerprint density at radius 2 is 1.74 bits per heavy atom. The van der Waals surface area contributed by atoms with Gasteiger partial charge in [-0.2, -0.15) is 0 Å². The lowest BCUT2D eigenvalue weighted by Crippen LogP contribution is -2.30. The van der Waals surface area contributed by atoms with E-state index in [2.05, 4.69) is 60.0 Å². The van der Waals surface area contributed by atoms with Crippen molar-refractivity contribution in [2.75, 3.05) is 29.5 Å². The van der Waals surface area contributed by atoms with Crippen LogP contribution in [0, 0.1) is 0 Å². The van der Waals surface area contributed by atoms with Crippen molar-refractivity contribution in [1.29, 1.82) is 0 Å². The van der Waals surface area contributed by atoms with Crippen molar-refractivity contribution in [3.8, 4) is 5.75 Å². The van der Waals surface area contributed by atoms with Gasteiger partial charge >= 0.3 is 5.97 Å². The Kier molecular flexibility index (Phi) is 8.63. The van der Waals surface area contributed by atoms with E-state index in [1.54, 1.807) is 0 Å². The molecule has 1 saturated heterocycles. The zero-order valence-electron chi connectivity index (χ0n) is 18.9. The van der Waals surface area contributed by atoms with Gasteiger partial charge in [0.25, 0.3) is 0 Å².